The van der Waals surface area contributed by atoms with Gasteiger partial charge in [0.15, 0.2) is 11.5 Å². The Morgan fingerprint density at radius 2 is 1.72 bits per heavy atom. The van der Waals surface area contributed by atoms with Crippen molar-refractivity contribution in [2.45, 2.75) is 12.9 Å². The Kier molecular flexibility index (Phi) is 7.98. The topological polar surface area (TPSA) is 148 Å². The highest BCUT2D eigenvalue weighted by molar-refractivity contribution is 6.66. The number of amides is 1. The summed E-state index contributed by atoms with van der Waals surface area (Å²) < 4.78 is 45.0. The second kappa shape index (κ2) is 10.7. The highest BCUT2D eigenvalue weighted by Crippen LogP contribution is 2.23. The fourth-order valence-corrected chi connectivity index (χ4v) is 2.27. The van der Waals surface area contributed by atoms with Crippen LogP contribution >= 0.6 is 0 Å². The maximum Gasteiger partial charge on any atom is 0.573 e. The summed E-state index contributed by atoms with van der Waals surface area (Å²) >= 11 is 0. The van der Waals surface area contributed by atoms with Gasteiger partial charge in [0.25, 0.3) is 5.91 Å². The lowest BCUT2D eigenvalue weighted by Gasteiger charge is -2.10. The van der Waals surface area contributed by atoms with Crippen molar-refractivity contribution >= 4 is 29.1 Å². The second-order valence-electron chi connectivity index (χ2n) is 6.00. The number of hydrogen-bond acceptors (Lipinski definition) is 8. The number of esters is 1. The molecule has 0 aromatic heterocycles. The second-order valence-corrected chi connectivity index (χ2v) is 6.00. The lowest BCUT2D eigenvalue weighted by atomic mass is 10.1. The van der Waals surface area contributed by atoms with E-state index >= 15 is 0 Å². The number of alkyl halides is 3. The van der Waals surface area contributed by atoms with Gasteiger partial charge >= 0.3 is 12.3 Å². The number of nitrogens with zero attached hydrogens (tertiary/aromatic N) is 2. The molecule has 170 valence electrons. The summed E-state index contributed by atoms with van der Waals surface area (Å²) in [6.07, 6.45) is -4.83. The number of methoxy groups -OCH3 is 1. The number of oxime groups is 1. The molecule has 1 amide bonds. The highest BCUT2D eigenvalue weighted by atomic mass is 19.4. The van der Waals surface area contributed by atoms with Gasteiger partial charge in [-0.15, -0.1) is 13.2 Å². The lowest BCUT2D eigenvalue weighted by molar-refractivity contribution is -0.274. The Morgan fingerprint density at radius 1 is 1.09 bits per heavy atom. The van der Waals surface area contributed by atoms with Crippen molar-refractivity contribution in [2.75, 3.05) is 12.5 Å². The number of benzene rings is 2. The quantitative estimate of drug-likeness (QED) is 0.157. The van der Waals surface area contributed by atoms with Gasteiger partial charge in [-0.2, -0.15) is 5.10 Å². The molecule has 32 heavy (non-hydrogen) atoms. The molecule has 13 heteroatoms. The Labute approximate surface area is 179 Å². The third-order valence-corrected chi connectivity index (χ3v) is 3.78. The van der Waals surface area contributed by atoms with E-state index in [0.717, 1.165) is 12.1 Å². The number of hydrogen-bond donors (Lipinski definition) is 4. The van der Waals surface area contributed by atoms with Crippen molar-refractivity contribution < 1.29 is 37.4 Å². The number of carbonyl (C=O) groups excluding carboxylic acids is 2. The number of halogens is 3. The largest absolute Gasteiger partial charge is 0.573 e. The minimum absolute atomic E-state index is 0.0293. The first-order valence-electron chi connectivity index (χ1n) is 8.76. The molecule has 10 nitrogen and oxygen atoms in total. The molecule has 0 saturated heterocycles. The maximum atomic E-state index is 12.4. The zero-order valence-corrected chi connectivity index (χ0v) is 16.5. The van der Waals surface area contributed by atoms with Gasteiger partial charge in [-0.05, 0) is 42.0 Å². The van der Waals surface area contributed by atoms with Crippen LogP contribution in [0.2, 0.25) is 0 Å². The molecule has 2 aromatic rings. The van der Waals surface area contributed by atoms with E-state index in [-0.39, 0.29) is 12.2 Å². The minimum atomic E-state index is -4.83. The first kappa shape index (κ1) is 24.0. The molecular formula is C19H18F3N5O5. The Bertz CT molecular complexity index is 1010. The van der Waals surface area contributed by atoms with Crippen molar-refractivity contribution in [1.82, 2.24) is 5.32 Å². The smallest absolute Gasteiger partial charge is 0.465 e. The molecule has 0 heterocycles. The van der Waals surface area contributed by atoms with Crippen LogP contribution in [0.15, 0.2) is 58.8 Å². The molecule has 0 aliphatic rings. The van der Waals surface area contributed by atoms with Crippen LogP contribution in [-0.4, -0.2) is 42.1 Å². The number of nitrogens with one attached hydrogen (secondary N) is 2. The standard InChI is InChI=1S/C19H18F3N5O5/c1-31-18(29)12-4-2-11(3-5-12)10-24-17(28)15(16(23)27-30)26-25-13-6-8-14(9-7-13)32-19(20,21)22/h2-9,25,30H,10H2,1H3,(H2,23,27)(H,24,28)/b26-15+. The molecule has 2 aromatic carbocycles. The van der Waals surface area contributed by atoms with Gasteiger partial charge in [0.1, 0.15) is 5.75 Å². The van der Waals surface area contributed by atoms with Crippen molar-refractivity contribution in [3.63, 3.8) is 0 Å². The van der Waals surface area contributed by atoms with Gasteiger partial charge < -0.3 is 25.7 Å². The van der Waals surface area contributed by atoms with Crippen LogP contribution in [0.25, 0.3) is 0 Å². The van der Waals surface area contributed by atoms with Crippen LogP contribution in [-0.2, 0) is 16.1 Å². The van der Waals surface area contributed by atoms with Crippen LogP contribution in [0.1, 0.15) is 15.9 Å². The van der Waals surface area contributed by atoms with Crippen LogP contribution in [0.5, 0.6) is 5.75 Å². The van der Waals surface area contributed by atoms with Gasteiger partial charge in [-0.1, -0.05) is 17.3 Å². The maximum absolute atomic E-state index is 12.4. The summed E-state index contributed by atoms with van der Waals surface area (Å²) in [5.74, 6) is -2.36. The number of nitrogens with two attached hydrogens (primary N) is 1. The SMILES string of the molecule is COC(=O)c1ccc(CNC(=O)C(=N/Nc2ccc(OC(F)(F)F)cc2)/C(N)=N\O)cc1. The van der Waals surface area contributed by atoms with Gasteiger partial charge in [0.05, 0.1) is 18.4 Å². The number of ether oxygens (including phenoxy) is 2. The summed E-state index contributed by atoms with van der Waals surface area (Å²) in [5, 5.41) is 17.9. The third-order valence-electron chi connectivity index (χ3n) is 3.78. The molecule has 0 bridgehead atoms. The van der Waals surface area contributed by atoms with E-state index in [2.05, 4.69) is 30.5 Å². The number of anilines is 1. The average Bonchev–Trinajstić information content (AvgIpc) is 2.77. The van der Waals surface area contributed by atoms with Crippen LogP contribution in [0.3, 0.4) is 0 Å². The van der Waals surface area contributed by atoms with Gasteiger partial charge in [-0.25, -0.2) is 4.79 Å². The number of hydrazone groups is 1. The molecule has 0 saturated carbocycles. The van der Waals surface area contributed by atoms with Crippen molar-refractivity contribution in [3.8, 4) is 5.75 Å². The van der Waals surface area contributed by atoms with E-state index in [4.69, 9.17) is 10.9 Å². The van der Waals surface area contributed by atoms with E-state index in [0.29, 0.717) is 11.1 Å². The minimum Gasteiger partial charge on any atom is -0.465 e. The molecule has 0 radical (unpaired) electrons. The molecule has 0 atom stereocenters. The summed E-state index contributed by atoms with van der Waals surface area (Å²) in [6.45, 7) is 0.0293. The van der Waals surface area contributed by atoms with E-state index in [1.165, 1.54) is 31.4 Å². The fourth-order valence-electron chi connectivity index (χ4n) is 2.27. The van der Waals surface area contributed by atoms with Crippen LogP contribution in [0, 0.1) is 0 Å². The van der Waals surface area contributed by atoms with Crippen molar-refractivity contribution in [1.29, 1.82) is 0 Å². The van der Waals surface area contributed by atoms with Gasteiger partial charge in [0, 0.05) is 6.54 Å². The monoisotopic (exact) mass is 453 g/mol. The van der Waals surface area contributed by atoms with Gasteiger partial charge in [0.2, 0.25) is 0 Å². The molecule has 0 aliphatic heterocycles. The molecule has 0 aliphatic carbocycles. The predicted octanol–water partition coefficient (Wildman–Crippen LogP) is 2.20. The van der Waals surface area contributed by atoms with Crippen molar-refractivity contribution in [2.24, 2.45) is 16.0 Å². The van der Waals surface area contributed by atoms with E-state index < -0.39 is 35.5 Å². The third kappa shape index (κ3) is 7.19. The molecule has 2 rings (SSSR count). The summed E-state index contributed by atoms with van der Waals surface area (Å²) in [5.41, 5.74) is 8.60. The summed E-state index contributed by atoms with van der Waals surface area (Å²) in [4.78, 5) is 23.8. The van der Waals surface area contributed by atoms with Gasteiger partial charge in [-0.3, -0.25) is 10.2 Å². The Morgan fingerprint density at radius 3 is 2.25 bits per heavy atom. The summed E-state index contributed by atoms with van der Waals surface area (Å²) in [6, 6.07) is 10.7. The molecule has 5 N–H and O–H groups in total. The number of amidine groups is 1. The van der Waals surface area contributed by atoms with Crippen LogP contribution < -0.4 is 21.2 Å². The van der Waals surface area contributed by atoms with E-state index in [9.17, 15) is 22.8 Å². The normalized spacial score (nSPS) is 12.1. The van der Waals surface area contributed by atoms with Crippen molar-refractivity contribution in [3.05, 3.63) is 59.7 Å². The van der Waals surface area contributed by atoms with Crippen LogP contribution in [0.4, 0.5) is 18.9 Å². The zero-order chi connectivity index (χ0) is 23.7. The Balaban J connectivity index is 2.04. The fraction of sp³-hybridized carbons (Fsp3) is 0.158. The molecule has 0 spiro atoms. The molecule has 0 fully saturated rings. The first-order valence-corrected chi connectivity index (χ1v) is 8.76. The predicted molar refractivity (Wildman–Crippen MR) is 107 cm³/mol. The average molecular weight is 453 g/mol. The lowest BCUT2D eigenvalue weighted by Crippen LogP contribution is -2.39. The highest BCUT2D eigenvalue weighted by Gasteiger charge is 2.30. The summed E-state index contributed by atoms with van der Waals surface area (Å²) in [7, 11) is 1.25. The number of carbonyl (C=O) groups is 2. The van der Waals surface area contributed by atoms with E-state index in [1.54, 1.807) is 12.1 Å². The Hall–Kier alpha value is -4.29. The molecular weight excluding hydrogens is 435 g/mol. The zero-order valence-electron chi connectivity index (χ0n) is 16.5. The number of rotatable bonds is 8. The first-order chi connectivity index (χ1) is 15.1. The van der Waals surface area contributed by atoms with E-state index in [1.807, 2.05) is 0 Å². The molecule has 0 unspecified atom stereocenters.